The van der Waals surface area contributed by atoms with E-state index >= 15 is 0 Å². The van der Waals surface area contributed by atoms with E-state index in [2.05, 4.69) is 19.9 Å². The van der Waals surface area contributed by atoms with Gasteiger partial charge in [0, 0.05) is 38.2 Å². The number of nitrogens with zero attached hydrogens (tertiary/aromatic N) is 5. The lowest BCUT2D eigenvalue weighted by atomic mass is 10.1. The normalized spacial score (nSPS) is 23.7. The number of aromatic nitrogens is 3. The van der Waals surface area contributed by atoms with Gasteiger partial charge in [-0.2, -0.15) is 0 Å². The molecule has 2 aromatic heterocycles. The first-order valence-electron chi connectivity index (χ1n) is 7.67. The standard InChI is InChI=1S/C16H17N5O2/c22-16(12-3-1-2-4-18-12)20-10-13-14(11-20)23-8-7-21(13)15-9-17-5-6-19-15/h1-6,9,13-14H,7-8,10-11H2/t13-,14+/m1/s1. The maximum Gasteiger partial charge on any atom is 0.272 e. The largest absolute Gasteiger partial charge is 0.372 e. The summed E-state index contributed by atoms with van der Waals surface area (Å²) in [4.78, 5) is 29.3. The van der Waals surface area contributed by atoms with Crippen LogP contribution in [0.15, 0.2) is 43.0 Å². The van der Waals surface area contributed by atoms with Gasteiger partial charge in [-0.15, -0.1) is 0 Å². The Morgan fingerprint density at radius 3 is 2.91 bits per heavy atom. The summed E-state index contributed by atoms with van der Waals surface area (Å²) in [6.07, 6.45) is 6.74. The van der Waals surface area contributed by atoms with Crippen molar-refractivity contribution in [2.24, 2.45) is 0 Å². The molecule has 0 spiro atoms. The molecule has 2 aliphatic rings. The Hall–Kier alpha value is -2.54. The second kappa shape index (κ2) is 5.92. The van der Waals surface area contributed by atoms with Crippen molar-refractivity contribution >= 4 is 11.7 Å². The van der Waals surface area contributed by atoms with E-state index in [1.165, 1.54) is 0 Å². The molecule has 2 saturated heterocycles. The molecule has 0 aromatic carbocycles. The van der Waals surface area contributed by atoms with Crippen molar-refractivity contribution in [2.75, 3.05) is 31.1 Å². The molecule has 23 heavy (non-hydrogen) atoms. The van der Waals surface area contributed by atoms with Gasteiger partial charge in [-0.05, 0) is 12.1 Å². The number of fused-ring (bicyclic) bond motifs is 1. The lowest BCUT2D eigenvalue weighted by Crippen LogP contribution is -2.51. The van der Waals surface area contributed by atoms with E-state index in [-0.39, 0.29) is 18.1 Å². The molecular formula is C16H17N5O2. The first-order chi connectivity index (χ1) is 11.3. The van der Waals surface area contributed by atoms with Crippen LogP contribution in [0.4, 0.5) is 5.82 Å². The van der Waals surface area contributed by atoms with Crippen molar-refractivity contribution in [3.63, 3.8) is 0 Å². The third-order valence-electron chi connectivity index (χ3n) is 4.32. The van der Waals surface area contributed by atoms with Crippen LogP contribution < -0.4 is 4.90 Å². The van der Waals surface area contributed by atoms with Crippen LogP contribution in [0.5, 0.6) is 0 Å². The molecule has 2 aliphatic heterocycles. The molecule has 2 atom stereocenters. The lowest BCUT2D eigenvalue weighted by molar-refractivity contribution is 0.0299. The highest BCUT2D eigenvalue weighted by molar-refractivity contribution is 5.92. The number of ether oxygens (including phenoxy) is 1. The minimum Gasteiger partial charge on any atom is -0.372 e. The van der Waals surface area contributed by atoms with Crippen LogP contribution in [-0.2, 0) is 4.74 Å². The third kappa shape index (κ3) is 2.63. The van der Waals surface area contributed by atoms with Gasteiger partial charge in [-0.25, -0.2) is 4.98 Å². The number of hydrogen-bond donors (Lipinski definition) is 0. The number of anilines is 1. The summed E-state index contributed by atoms with van der Waals surface area (Å²) in [6, 6.07) is 5.48. The fourth-order valence-corrected chi connectivity index (χ4v) is 3.23. The van der Waals surface area contributed by atoms with Gasteiger partial charge in [0.25, 0.3) is 5.91 Å². The molecule has 7 heteroatoms. The van der Waals surface area contributed by atoms with Crippen molar-refractivity contribution in [1.29, 1.82) is 0 Å². The molecule has 0 aliphatic carbocycles. The summed E-state index contributed by atoms with van der Waals surface area (Å²) in [5, 5.41) is 0. The van der Waals surface area contributed by atoms with E-state index in [1.807, 2.05) is 11.0 Å². The summed E-state index contributed by atoms with van der Waals surface area (Å²) in [6.45, 7) is 2.57. The highest BCUT2D eigenvalue weighted by Crippen LogP contribution is 2.27. The quantitative estimate of drug-likeness (QED) is 0.809. The summed E-state index contributed by atoms with van der Waals surface area (Å²) in [7, 11) is 0. The fraction of sp³-hybridized carbons (Fsp3) is 0.375. The van der Waals surface area contributed by atoms with Crippen LogP contribution in [0.2, 0.25) is 0 Å². The highest BCUT2D eigenvalue weighted by Gasteiger charge is 2.42. The van der Waals surface area contributed by atoms with Crippen LogP contribution in [0, 0.1) is 0 Å². The van der Waals surface area contributed by atoms with E-state index < -0.39 is 0 Å². The van der Waals surface area contributed by atoms with Crippen molar-refractivity contribution in [2.45, 2.75) is 12.1 Å². The van der Waals surface area contributed by atoms with Gasteiger partial charge in [0.1, 0.15) is 11.5 Å². The lowest BCUT2D eigenvalue weighted by Gasteiger charge is -2.37. The van der Waals surface area contributed by atoms with E-state index in [4.69, 9.17) is 4.74 Å². The molecule has 2 fully saturated rings. The van der Waals surface area contributed by atoms with Crippen LogP contribution in [0.25, 0.3) is 0 Å². The van der Waals surface area contributed by atoms with E-state index in [9.17, 15) is 4.79 Å². The Kier molecular flexibility index (Phi) is 3.63. The van der Waals surface area contributed by atoms with Gasteiger partial charge in [0.15, 0.2) is 0 Å². The molecule has 4 rings (SSSR count). The van der Waals surface area contributed by atoms with E-state index in [1.54, 1.807) is 36.9 Å². The minimum absolute atomic E-state index is 0.00146. The third-order valence-corrected chi connectivity index (χ3v) is 4.32. The van der Waals surface area contributed by atoms with Gasteiger partial charge in [0.05, 0.1) is 24.9 Å². The zero-order valence-corrected chi connectivity index (χ0v) is 12.6. The SMILES string of the molecule is O=C(c1ccccn1)N1C[C@@H]2OCCN(c3cnccn3)[C@@H]2C1. The Bertz CT molecular complexity index is 681. The van der Waals surface area contributed by atoms with Crippen molar-refractivity contribution in [3.8, 4) is 0 Å². The number of likely N-dealkylation sites (tertiary alicyclic amines) is 1. The Labute approximate surface area is 133 Å². The molecule has 0 saturated carbocycles. The smallest absolute Gasteiger partial charge is 0.272 e. The van der Waals surface area contributed by atoms with Gasteiger partial charge in [-0.1, -0.05) is 6.07 Å². The van der Waals surface area contributed by atoms with E-state index in [0.29, 0.717) is 25.4 Å². The topological polar surface area (TPSA) is 71.5 Å². The van der Waals surface area contributed by atoms with Crippen molar-refractivity contribution in [3.05, 3.63) is 48.7 Å². The number of morpholine rings is 1. The van der Waals surface area contributed by atoms with E-state index in [0.717, 1.165) is 12.4 Å². The first kappa shape index (κ1) is 14.1. The van der Waals surface area contributed by atoms with Gasteiger partial charge in [-0.3, -0.25) is 14.8 Å². The van der Waals surface area contributed by atoms with Crippen molar-refractivity contribution < 1.29 is 9.53 Å². The number of carbonyl (C=O) groups excluding carboxylic acids is 1. The number of rotatable bonds is 2. The van der Waals surface area contributed by atoms with Crippen LogP contribution >= 0.6 is 0 Å². The zero-order chi connectivity index (χ0) is 15.6. The Balaban J connectivity index is 1.54. The number of carbonyl (C=O) groups is 1. The first-order valence-corrected chi connectivity index (χ1v) is 7.67. The summed E-state index contributed by atoms with van der Waals surface area (Å²) >= 11 is 0. The monoisotopic (exact) mass is 311 g/mol. The molecule has 0 N–H and O–H groups in total. The summed E-state index contributed by atoms with van der Waals surface area (Å²) < 4.78 is 5.87. The predicted octanol–water partition coefficient (Wildman–Crippen LogP) is 0.601. The second-order valence-electron chi connectivity index (χ2n) is 5.66. The van der Waals surface area contributed by atoms with Crippen LogP contribution in [0.1, 0.15) is 10.5 Å². The minimum atomic E-state index is -0.0531. The maximum absolute atomic E-state index is 12.6. The average Bonchev–Trinajstić information content (AvgIpc) is 3.06. The molecule has 7 nitrogen and oxygen atoms in total. The molecule has 0 bridgehead atoms. The number of amides is 1. The molecular weight excluding hydrogens is 294 g/mol. The summed E-state index contributed by atoms with van der Waals surface area (Å²) in [5.41, 5.74) is 0.470. The Morgan fingerprint density at radius 2 is 2.13 bits per heavy atom. The van der Waals surface area contributed by atoms with Gasteiger partial charge < -0.3 is 14.5 Å². The second-order valence-corrected chi connectivity index (χ2v) is 5.66. The van der Waals surface area contributed by atoms with Crippen LogP contribution in [-0.4, -0.2) is 64.1 Å². The predicted molar refractivity (Wildman–Crippen MR) is 83.0 cm³/mol. The number of pyridine rings is 1. The highest BCUT2D eigenvalue weighted by atomic mass is 16.5. The maximum atomic E-state index is 12.6. The summed E-state index contributed by atoms with van der Waals surface area (Å²) in [5.74, 6) is 0.778. The Morgan fingerprint density at radius 1 is 1.17 bits per heavy atom. The molecule has 2 aromatic rings. The average molecular weight is 311 g/mol. The van der Waals surface area contributed by atoms with Crippen LogP contribution in [0.3, 0.4) is 0 Å². The molecule has 1 amide bonds. The fourth-order valence-electron chi connectivity index (χ4n) is 3.23. The molecule has 0 unspecified atom stereocenters. The molecule has 0 radical (unpaired) electrons. The number of hydrogen-bond acceptors (Lipinski definition) is 6. The van der Waals surface area contributed by atoms with Gasteiger partial charge >= 0.3 is 0 Å². The molecule has 118 valence electrons. The van der Waals surface area contributed by atoms with Gasteiger partial charge in [0.2, 0.25) is 0 Å². The molecule has 4 heterocycles. The van der Waals surface area contributed by atoms with Crippen molar-refractivity contribution in [1.82, 2.24) is 19.9 Å². The zero-order valence-electron chi connectivity index (χ0n) is 12.6.